The zero-order chi connectivity index (χ0) is 13.9. The predicted molar refractivity (Wildman–Crippen MR) is 76.1 cm³/mol. The molecule has 3 heteroatoms. The average Bonchev–Trinajstić information content (AvgIpc) is 2.12. The Kier molecular flexibility index (Phi) is 4.74. The monoisotopic (exact) mass is 250 g/mol. The average molecular weight is 250 g/mol. The van der Waals surface area contributed by atoms with Crippen LogP contribution in [0.5, 0.6) is 5.88 Å². The van der Waals surface area contributed by atoms with Crippen LogP contribution < -0.4 is 10.1 Å². The number of nitrogens with zero attached hydrogens (tertiary/aromatic N) is 1. The Morgan fingerprint density at radius 1 is 1.28 bits per heavy atom. The van der Waals surface area contributed by atoms with E-state index in [1.165, 1.54) is 5.56 Å². The molecular weight excluding hydrogens is 224 g/mol. The Morgan fingerprint density at radius 2 is 1.89 bits per heavy atom. The minimum Gasteiger partial charge on any atom is -0.472 e. The van der Waals surface area contributed by atoms with Crippen LogP contribution in [-0.4, -0.2) is 16.6 Å². The Morgan fingerprint density at radius 3 is 2.39 bits per heavy atom. The van der Waals surface area contributed by atoms with Gasteiger partial charge in [0, 0.05) is 23.8 Å². The molecular formula is C15H26N2O. The molecule has 0 amide bonds. The van der Waals surface area contributed by atoms with Crippen molar-refractivity contribution in [1.82, 2.24) is 10.3 Å². The van der Waals surface area contributed by atoms with E-state index in [9.17, 15) is 0 Å². The van der Waals surface area contributed by atoms with Crippen molar-refractivity contribution in [2.45, 2.75) is 66.7 Å². The van der Waals surface area contributed by atoms with E-state index >= 15 is 0 Å². The minimum absolute atomic E-state index is 0.222. The van der Waals surface area contributed by atoms with E-state index in [-0.39, 0.29) is 5.60 Å². The Bertz CT molecular complexity index is 406. The van der Waals surface area contributed by atoms with Gasteiger partial charge in [-0.15, -0.1) is 0 Å². The molecule has 1 rings (SSSR count). The molecule has 1 heterocycles. The Balaban J connectivity index is 3.05. The number of rotatable bonds is 4. The highest BCUT2D eigenvalue weighted by Gasteiger charge is 2.17. The highest BCUT2D eigenvalue weighted by molar-refractivity contribution is 5.36. The fourth-order valence-corrected chi connectivity index (χ4v) is 1.72. The van der Waals surface area contributed by atoms with Crippen LogP contribution in [0.2, 0.25) is 0 Å². The third kappa shape index (κ3) is 4.65. The smallest absolute Gasteiger partial charge is 0.218 e. The molecule has 0 fully saturated rings. The summed E-state index contributed by atoms with van der Waals surface area (Å²) in [4.78, 5) is 4.54. The predicted octanol–water partition coefficient (Wildman–Crippen LogP) is 3.37. The van der Waals surface area contributed by atoms with Gasteiger partial charge in [-0.2, -0.15) is 0 Å². The number of pyridine rings is 1. The number of hydrogen-bond donors (Lipinski definition) is 1. The summed E-state index contributed by atoms with van der Waals surface area (Å²) in [6, 6.07) is 2.56. The zero-order valence-electron chi connectivity index (χ0n) is 12.7. The molecule has 1 N–H and O–H groups in total. The molecule has 3 nitrogen and oxygen atoms in total. The molecule has 0 bridgehead atoms. The molecule has 0 atom stereocenters. The van der Waals surface area contributed by atoms with Crippen molar-refractivity contribution in [1.29, 1.82) is 0 Å². The lowest BCUT2D eigenvalue weighted by molar-refractivity contribution is 0.122. The molecule has 0 spiro atoms. The van der Waals surface area contributed by atoms with Gasteiger partial charge >= 0.3 is 0 Å². The van der Waals surface area contributed by atoms with Gasteiger partial charge in [0.2, 0.25) is 5.88 Å². The fraction of sp³-hybridized carbons (Fsp3) is 0.667. The highest BCUT2D eigenvalue weighted by atomic mass is 16.5. The molecule has 1 aromatic rings. The molecule has 102 valence electrons. The maximum Gasteiger partial charge on any atom is 0.218 e. The van der Waals surface area contributed by atoms with Gasteiger partial charge in [0.15, 0.2) is 0 Å². The molecule has 0 radical (unpaired) electrons. The van der Waals surface area contributed by atoms with Crippen molar-refractivity contribution in [3.63, 3.8) is 0 Å². The Labute approximate surface area is 111 Å². The molecule has 0 unspecified atom stereocenters. The largest absolute Gasteiger partial charge is 0.472 e. The second kappa shape index (κ2) is 5.70. The molecule has 0 aromatic carbocycles. The summed E-state index contributed by atoms with van der Waals surface area (Å²) in [6.45, 7) is 15.3. The standard InChI is InChI=1S/C15H26N2O/c1-10(2)16-9-13-11(3)8-12(4)17-14(13)18-15(5,6)7/h8,10,16H,9H2,1-7H3. The number of ether oxygens (including phenoxy) is 1. The van der Waals surface area contributed by atoms with Crippen molar-refractivity contribution in [2.75, 3.05) is 0 Å². The molecule has 0 aliphatic heterocycles. The first kappa shape index (κ1) is 15.0. The van der Waals surface area contributed by atoms with Crippen LogP contribution in [0.25, 0.3) is 0 Å². The highest BCUT2D eigenvalue weighted by Crippen LogP contribution is 2.24. The summed E-state index contributed by atoms with van der Waals surface area (Å²) in [5.74, 6) is 0.758. The van der Waals surface area contributed by atoms with E-state index < -0.39 is 0 Å². The summed E-state index contributed by atoms with van der Waals surface area (Å²) < 4.78 is 5.98. The van der Waals surface area contributed by atoms with Gasteiger partial charge < -0.3 is 10.1 Å². The van der Waals surface area contributed by atoms with Crippen molar-refractivity contribution in [3.8, 4) is 5.88 Å². The van der Waals surface area contributed by atoms with E-state index in [1.807, 2.05) is 27.7 Å². The van der Waals surface area contributed by atoms with Gasteiger partial charge in [-0.3, -0.25) is 0 Å². The number of nitrogens with one attached hydrogen (secondary N) is 1. The summed E-state index contributed by atoms with van der Waals surface area (Å²) in [6.07, 6.45) is 0. The van der Waals surface area contributed by atoms with E-state index in [1.54, 1.807) is 0 Å². The molecule has 0 aliphatic rings. The van der Waals surface area contributed by atoms with Crippen molar-refractivity contribution >= 4 is 0 Å². The van der Waals surface area contributed by atoms with Crippen LogP contribution in [0.4, 0.5) is 0 Å². The molecule has 1 aromatic heterocycles. The van der Waals surface area contributed by atoms with Crippen LogP contribution in [-0.2, 0) is 6.54 Å². The summed E-state index contributed by atoms with van der Waals surface area (Å²) >= 11 is 0. The topological polar surface area (TPSA) is 34.1 Å². The number of aryl methyl sites for hydroxylation is 2. The van der Waals surface area contributed by atoms with Gasteiger partial charge in [-0.1, -0.05) is 13.8 Å². The van der Waals surface area contributed by atoms with Crippen LogP contribution in [0.1, 0.15) is 51.4 Å². The quantitative estimate of drug-likeness (QED) is 0.889. The van der Waals surface area contributed by atoms with Crippen LogP contribution in [0.3, 0.4) is 0 Å². The molecule has 0 saturated heterocycles. The lowest BCUT2D eigenvalue weighted by Gasteiger charge is -2.24. The van der Waals surface area contributed by atoms with Crippen LogP contribution in [0, 0.1) is 13.8 Å². The van der Waals surface area contributed by atoms with E-state index in [4.69, 9.17) is 4.74 Å². The minimum atomic E-state index is -0.222. The third-order valence-electron chi connectivity index (χ3n) is 2.53. The van der Waals surface area contributed by atoms with Crippen LogP contribution >= 0.6 is 0 Å². The lowest BCUT2D eigenvalue weighted by Crippen LogP contribution is -2.27. The SMILES string of the molecule is Cc1cc(C)c(CNC(C)C)c(OC(C)(C)C)n1. The maximum atomic E-state index is 5.98. The summed E-state index contributed by atoms with van der Waals surface area (Å²) in [7, 11) is 0. The second-order valence-corrected chi connectivity index (χ2v) is 6.11. The first-order chi connectivity index (χ1) is 8.19. The van der Waals surface area contributed by atoms with Gasteiger partial charge in [-0.25, -0.2) is 4.98 Å². The van der Waals surface area contributed by atoms with Crippen LogP contribution in [0.15, 0.2) is 6.07 Å². The fourth-order valence-electron chi connectivity index (χ4n) is 1.72. The van der Waals surface area contributed by atoms with Gasteiger partial charge in [-0.05, 0) is 46.2 Å². The van der Waals surface area contributed by atoms with Gasteiger partial charge in [0.05, 0.1) is 0 Å². The van der Waals surface area contributed by atoms with Crippen molar-refractivity contribution in [2.24, 2.45) is 0 Å². The Hall–Kier alpha value is -1.09. The van der Waals surface area contributed by atoms with E-state index in [0.29, 0.717) is 6.04 Å². The third-order valence-corrected chi connectivity index (χ3v) is 2.53. The second-order valence-electron chi connectivity index (χ2n) is 6.11. The summed E-state index contributed by atoms with van der Waals surface area (Å²) in [5.41, 5.74) is 3.17. The van der Waals surface area contributed by atoms with Crippen molar-refractivity contribution < 1.29 is 4.74 Å². The maximum absolute atomic E-state index is 5.98. The van der Waals surface area contributed by atoms with Gasteiger partial charge in [0.25, 0.3) is 0 Å². The lowest BCUT2D eigenvalue weighted by atomic mass is 10.1. The van der Waals surface area contributed by atoms with E-state index in [2.05, 4.69) is 37.1 Å². The molecule has 18 heavy (non-hydrogen) atoms. The van der Waals surface area contributed by atoms with E-state index in [0.717, 1.165) is 23.7 Å². The first-order valence-electron chi connectivity index (χ1n) is 6.58. The van der Waals surface area contributed by atoms with Gasteiger partial charge in [0.1, 0.15) is 5.60 Å². The summed E-state index contributed by atoms with van der Waals surface area (Å²) in [5, 5.41) is 3.43. The van der Waals surface area contributed by atoms with Crippen molar-refractivity contribution in [3.05, 3.63) is 22.9 Å². The zero-order valence-corrected chi connectivity index (χ0v) is 12.7. The molecule has 0 aliphatic carbocycles. The number of hydrogen-bond acceptors (Lipinski definition) is 3. The molecule has 0 saturated carbocycles. The normalized spacial score (nSPS) is 12.0. The number of aromatic nitrogens is 1. The first-order valence-corrected chi connectivity index (χ1v) is 6.58.